The van der Waals surface area contributed by atoms with E-state index in [-0.39, 0.29) is 35.5 Å². The van der Waals surface area contributed by atoms with E-state index in [0.29, 0.717) is 38.0 Å². The Kier molecular flexibility index (Phi) is 23.7. The third-order valence-electron chi connectivity index (χ3n) is 22.4. The Bertz CT molecular complexity index is 3410. The van der Waals surface area contributed by atoms with Crippen LogP contribution >= 0.6 is 0 Å². The second-order valence-corrected chi connectivity index (χ2v) is 28.8. The highest BCUT2D eigenvalue weighted by Crippen LogP contribution is 2.37. The van der Waals surface area contributed by atoms with Crippen molar-refractivity contribution >= 4 is 29.5 Å². The number of pyridine rings is 3. The average Bonchev–Trinajstić information content (AvgIpc) is 1.64. The Labute approximate surface area is 569 Å². The zero-order chi connectivity index (χ0) is 66.3. The molecule has 15 nitrogen and oxygen atoms in total. The summed E-state index contributed by atoms with van der Waals surface area (Å²) in [4.78, 5) is 88.0. The lowest BCUT2D eigenvalue weighted by Gasteiger charge is -2.34. The molecule has 0 radical (unpaired) electrons. The van der Waals surface area contributed by atoms with E-state index in [2.05, 4.69) is 53.4 Å². The number of hydrogen-bond acceptors (Lipinski definition) is 11. The Morgan fingerprint density at radius 2 is 0.812 bits per heavy atom. The molecule has 6 aromatic rings. The number of aryl methyl sites for hydroxylation is 7. The maximum atomic E-state index is 13.2. The molecule has 5 fully saturated rings. The highest BCUT2D eigenvalue weighted by atomic mass is 16.4. The maximum absolute atomic E-state index is 13.2. The Hall–Kier alpha value is -7.46. The summed E-state index contributed by atoms with van der Waals surface area (Å²) in [7, 11) is 0. The zero-order valence-corrected chi connectivity index (χ0v) is 56.8. The van der Waals surface area contributed by atoms with Crippen LogP contribution in [0.4, 0.5) is 0 Å². The molecule has 6 atom stereocenters. The number of carbonyl (C=O) groups is 5. The molecule has 3 aromatic heterocycles. The molecule has 14 rings (SSSR count). The van der Waals surface area contributed by atoms with Crippen LogP contribution in [0.5, 0.6) is 0 Å². The van der Waals surface area contributed by atoms with E-state index in [1.165, 1.54) is 134 Å². The van der Waals surface area contributed by atoms with Gasteiger partial charge in [0.25, 0.3) is 0 Å². The van der Waals surface area contributed by atoms with E-state index in [9.17, 15) is 34.2 Å². The smallest absolute Gasteiger partial charge is 0.325 e. The van der Waals surface area contributed by atoms with Gasteiger partial charge in [-0.2, -0.15) is 0 Å². The van der Waals surface area contributed by atoms with Crippen LogP contribution in [-0.4, -0.2) is 145 Å². The summed E-state index contributed by atoms with van der Waals surface area (Å²) in [6.45, 7) is 9.19. The number of amides is 2. The fourth-order valence-electron chi connectivity index (χ4n) is 17.1. The van der Waals surface area contributed by atoms with Crippen LogP contribution in [-0.2, 0) is 68.9 Å². The molecular formula is C81H102N8O7. The number of ketones is 1. The first kappa shape index (κ1) is 68.5. The number of benzene rings is 3. The molecule has 3 aromatic carbocycles. The molecule has 8 heterocycles. The fraction of sp³-hybridized carbons (Fsp3) is 0.531. The predicted octanol–water partition coefficient (Wildman–Crippen LogP) is 13.3. The maximum Gasteiger partial charge on any atom is 0.325 e. The van der Waals surface area contributed by atoms with Crippen molar-refractivity contribution in [3.8, 4) is 0 Å². The second-order valence-electron chi connectivity index (χ2n) is 28.8. The number of Topliss-reactive ketones (excluding diaryl/α,β-unsaturated/α-hetero) is 1. The number of carboxylic acid groups (broad SMARTS) is 2. The average molecular weight is 1300 g/mol. The predicted molar refractivity (Wildman–Crippen MR) is 374 cm³/mol. The molecule has 96 heavy (non-hydrogen) atoms. The SMILES string of the molecule is CC(=O)C(c1ccccc1)N1CC[C@@H](CCCCCc2ccc3c(n2)CCCC3)C1.O=C(O)[C@@H](c1ccccc1)N1CC[C@@H](C(=O)N2CCC(c3ccc4c(n3)CCCC4)CC2)C1.O=C(O)[C@H](c1ccccc1)N1CC[C@@H](C(=O)N2CCC(c3ccc4c(n3)CCCC4)CC2)C1. The zero-order valence-electron chi connectivity index (χ0n) is 56.8. The number of aromatic nitrogens is 3. The minimum absolute atomic E-state index is 0.0636. The number of aliphatic carboxylic acids is 2. The highest BCUT2D eigenvalue weighted by Gasteiger charge is 2.41. The normalized spacial score (nSPS) is 21.9. The van der Waals surface area contributed by atoms with E-state index >= 15 is 0 Å². The molecule has 5 saturated heterocycles. The van der Waals surface area contributed by atoms with E-state index in [1.807, 2.05) is 98.5 Å². The Morgan fingerprint density at radius 1 is 0.417 bits per heavy atom. The van der Waals surface area contributed by atoms with Crippen molar-refractivity contribution in [2.45, 2.75) is 191 Å². The quantitative estimate of drug-likeness (QED) is 0.0732. The van der Waals surface area contributed by atoms with Gasteiger partial charge in [-0.3, -0.25) is 53.6 Å². The number of unbranched alkanes of at least 4 members (excludes halogenated alkanes) is 2. The number of piperidine rings is 2. The molecule has 0 bridgehead atoms. The van der Waals surface area contributed by atoms with Crippen LogP contribution in [0, 0.1) is 17.8 Å². The number of carboxylic acids is 2. The number of hydrogen-bond donors (Lipinski definition) is 2. The van der Waals surface area contributed by atoms with E-state index in [1.54, 1.807) is 6.92 Å². The molecule has 0 saturated carbocycles. The summed E-state index contributed by atoms with van der Waals surface area (Å²) in [6, 6.07) is 41.0. The molecule has 2 amide bonds. The molecule has 3 aliphatic carbocycles. The van der Waals surface area contributed by atoms with E-state index in [4.69, 9.17) is 15.0 Å². The van der Waals surface area contributed by atoms with Gasteiger partial charge in [0.1, 0.15) is 12.1 Å². The van der Waals surface area contributed by atoms with Crippen LogP contribution < -0.4 is 0 Å². The minimum Gasteiger partial charge on any atom is -0.480 e. The Morgan fingerprint density at radius 3 is 1.25 bits per heavy atom. The Balaban J connectivity index is 0.000000138. The first-order valence-electron chi connectivity index (χ1n) is 36.8. The van der Waals surface area contributed by atoms with Crippen LogP contribution in [0.3, 0.4) is 0 Å². The van der Waals surface area contributed by atoms with Gasteiger partial charge in [-0.1, -0.05) is 122 Å². The molecule has 1 unspecified atom stereocenters. The molecule has 0 spiro atoms. The van der Waals surface area contributed by atoms with Gasteiger partial charge in [0, 0.05) is 105 Å². The largest absolute Gasteiger partial charge is 0.480 e. The van der Waals surface area contributed by atoms with Crippen molar-refractivity contribution in [2.75, 3.05) is 65.4 Å². The number of fused-ring (bicyclic) bond motifs is 3. The highest BCUT2D eigenvalue weighted by molar-refractivity contribution is 5.83. The van der Waals surface area contributed by atoms with Crippen molar-refractivity contribution in [3.63, 3.8) is 0 Å². The fourth-order valence-corrected chi connectivity index (χ4v) is 17.1. The molecule has 8 aliphatic rings. The van der Waals surface area contributed by atoms with Crippen LogP contribution in [0.25, 0.3) is 0 Å². The number of rotatable bonds is 19. The third kappa shape index (κ3) is 17.3. The summed E-state index contributed by atoms with van der Waals surface area (Å²) in [5, 5.41) is 19.7. The monoisotopic (exact) mass is 1300 g/mol. The summed E-state index contributed by atoms with van der Waals surface area (Å²) >= 11 is 0. The van der Waals surface area contributed by atoms with E-state index < -0.39 is 24.0 Å². The van der Waals surface area contributed by atoms with Gasteiger partial charge in [-0.05, 0) is 212 Å². The van der Waals surface area contributed by atoms with Crippen LogP contribution in [0.1, 0.15) is 214 Å². The summed E-state index contributed by atoms with van der Waals surface area (Å²) in [6.07, 6.45) is 27.2. The van der Waals surface area contributed by atoms with E-state index in [0.717, 1.165) is 133 Å². The van der Waals surface area contributed by atoms with Crippen molar-refractivity contribution in [1.82, 2.24) is 39.5 Å². The standard InChI is InChI=1S/2C27H33N3O3.C27H36N2O/c2*31-26(22-14-17-30(18-22)25(27(32)33)21-7-2-1-3-8-21)29-15-12-20(13-16-29)24-11-10-19-6-4-5-9-23(19)28-24;1-21(30)27(24-12-5-3-6-13-24)29-19-18-22(20-29)10-4-2-7-14-25-17-16-23-11-8-9-15-26(23)28-25/h2*1-3,7-8,10-11,20,22,25H,4-6,9,12-18H2,(H,32,33);3,5-6,12-13,16-17,22,27H,2,4,7-11,14-15,18-20H2,1H3/t22-,25+;22-,25-;22-,27?/m111/s1. The number of likely N-dealkylation sites (tertiary alicyclic amines) is 5. The minimum atomic E-state index is -0.854. The molecule has 2 N–H and O–H groups in total. The van der Waals surface area contributed by atoms with Crippen molar-refractivity contribution in [1.29, 1.82) is 0 Å². The lowest BCUT2D eigenvalue weighted by molar-refractivity contribution is -0.144. The van der Waals surface area contributed by atoms with Gasteiger partial charge in [-0.25, -0.2) is 0 Å². The molecule has 508 valence electrons. The summed E-state index contributed by atoms with van der Waals surface area (Å²) in [5.41, 5.74) is 14.6. The van der Waals surface area contributed by atoms with Gasteiger partial charge >= 0.3 is 11.9 Å². The first-order chi connectivity index (χ1) is 46.9. The molecule has 5 aliphatic heterocycles. The number of nitrogens with zero attached hydrogens (tertiary/aromatic N) is 8. The van der Waals surface area contributed by atoms with Gasteiger partial charge < -0.3 is 20.0 Å². The third-order valence-corrected chi connectivity index (χ3v) is 22.4. The first-order valence-corrected chi connectivity index (χ1v) is 36.8. The van der Waals surface area contributed by atoms with Gasteiger partial charge in [0.15, 0.2) is 5.78 Å². The number of carbonyl (C=O) groups excluding carboxylic acids is 3. The van der Waals surface area contributed by atoms with Crippen molar-refractivity contribution < 1.29 is 34.2 Å². The van der Waals surface area contributed by atoms with Crippen molar-refractivity contribution in [3.05, 3.63) is 195 Å². The lowest BCUT2D eigenvalue weighted by atomic mass is 9.90. The van der Waals surface area contributed by atoms with Crippen LogP contribution in [0.15, 0.2) is 127 Å². The van der Waals surface area contributed by atoms with Gasteiger partial charge in [-0.15, -0.1) is 0 Å². The lowest BCUT2D eigenvalue weighted by Crippen LogP contribution is -2.42. The van der Waals surface area contributed by atoms with Gasteiger partial charge in [0.05, 0.1) is 17.9 Å². The van der Waals surface area contributed by atoms with Crippen LogP contribution in [0.2, 0.25) is 0 Å². The molecule has 15 heteroatoms. The second kappa shape index (κ2) is 33.2. The summed E-state index contributed by atoms with van der Waals surface area (Å²) in [5.74, 6) is 0.282. The molecular weight excluding hydrogens is 1200 g/mol. The topological polar surface area (TPSA) is 181 Å². The van der Waals surface area contributed by atoms with Gasteiger partial charge in [0.2, 0.25) is 11.8 Å². The van der Waals surface area contributed by atoms with Crippen molar-refractivity contribution in [2.24, 2.45) is 17.8 Å². The summed E-state index contributed by atoms with van der Waals surface area (Å²) < 4.78 is 0.